The Morgan fingerprint density at radius 2 is 2.22 bits per heavy atom. The van der Waals surface area contributed by atoms with Crippen LogP contribution in [-0.2, 0) is 4.74 Å². The molecule has 0 aliphatic carbocycles. The molecule has 0 amide bonds. The standard InChI is InChI=1S/C14H17NO2S/c15-14(11-6-3-4-8-16-11)12-9-18-13-7-2-1-5-10(13)17-12/h1-2,5-7,12,14H,3-4,8-9,15H2. The smallest absolute Gasteiger partial charge is 0.133 e. The van der Waals surface area contributed by atoms with Crippen LogP contribution >= 0.6 is 11.8 Å². The van der Waals surface area contributed by atoms with Crippen LogP contribution in [0.5, 0.6) is 5.75 Å². The van der Waals surface area contributed by atoms with Crippen molar-refractivity contribution in [2.24, 2.45) is 5.73 Å². The van der Waals surface area contributed by atoms with E-state index in [4.69, 9.17) is 15.2 Å². The van der Waals surface area contributed by atoms with Crippen molar-refractivity contribution in [1.82, 2.24) is 0 Å². The lowest BCUT2D eigenvalue weighted by Crippen LogP contribution is -2.44. The first-order valence-corrected chi connectivity index (χ1v) is 7.30. The van der Waals surface area contributed by atoms with E-state index in [0.29, 0.717) is 0 Å². The number of para-hydroxylation sites is 1. The van der Waals surface area contributed by atoms with Crippen LogP contribution in [-0.4, -0.2) is 24.5 Å². The monoisotopic (exact) mass is 263 g/mol. The first kappa shape index (κ1) is 11.9. The minimum Gasteiger partial charge on any atom is -0.496 e. The lowest BCUT2D eigenvalue weighted by Gasteiger charge is -2.31. The number of ether oxygens (including phenoxy) is 2. The molecule has 2 aliphatic rings. The number of fused-ring (bicyclic) bond motifs is 1. The molecular formula is C14H17NO2S. The van der Waals surface area contributed by atoms with E-state index in [1.165, 1.54) is 4.90 Å². The lowest BCUT2D eigenvalue weighted by molar-refractivity contribution is 0.125. The maximum absolute atomic E-state index is 6.25. The highest BCUT2D eigenvalue weighted by molar-refractivity contribution is 7.99. The van der Waals surface area contributed by atoms with Gasteiger partial charge in [-0.2, -0.15) is 0 Å². The van der Waals surface area contributed by atoms with Gasteiger partial charge in [-0.05, 0) is 31.1 Å². The van der Waals surface area contributed by atoms with Gasteiger partial charge in [0.05, 0.1) is 6.61 Å². The molecule has 96 valence electrons. The van der Waals surface area contributed by atoms with E-state index in [-0.39, 0.29) is 12.1 Å². The third-order valence-corrected chi connectivity index (χ3v) is 4.37. The summed E-state index contributed by atoms with van der Waals surface area (Å²) in [6, 6.07) is 7.94. The number of hydrogen-bond donors (Lipinski definition) is 1. The Kier molecular flexibility index (Phi) is 3.48. The van der Waals surface area contributed by atoms with Crippen molar-refractivity contribution in [3.63, 3.8) is 0 Å². The highest BCUT2D eigenvalue weighted by Gasteiger charge is 2.29. The van der Waals surface area contributed by atoms with E-state index in [1.807, 2.05) is 18.2 Å². The van der Waals surface area contributed by atoms with Gasteiger partial charge in [0.1, 0.15) is 23.7 Å². The molecule has 0 bridgehead atoms. The SMILES string of the molecule is NC(C1=CCCCO1)C1CSc2ccccc2O1. The predicted octanol–water partition coefficient (Wildman–Crippen LogP) is 2.56. The molecule has 0 saturated carbocycles. The van der Waals surface area contributed by atoms with Crippen LogP contribution in [0.2, 0.25) is 0 Å². The number of allylic oxidation sites excluding steroid dienone is 1. The summed E-state index contributed by atoms with van der Waals surface area (Å²) in [6.45, 7) is 0.774. The average molecular weight is 263 g/mol. The molecule has 3 rings (SSSR count). The van der Waals surface area contributed by atoms with Gasteiger partial charge in [0, 0.05) is 10.6 Å². The van der Waals surface area contributed by atoms with E-state index in [9.17, 15) is 0 Å². The molecule has 1 aromatic rings. The highest BCUT2D eigenvalue weighted by Crippen LogP contribution is 2.36. The summed E-state index contributed by atoms with van der Waals surface area (Å²) in [6.07, 6.45) is 4.23. The quantitative estimate of drug-likeness (QED) is 0.890. The summed E-state index contributed by atoms with van der Waals surface area (Å²) in [5.41, 5.74) is 6.25. The Labute approximate surface area is 111 Å². The number of nitrogens with two attached hydrogens (primary N) is 1. The first-order valence-electron chi connectivity index (χ1n) is 6.31. The molecule has 4 heteroatoms. The Morgan fingerprint density at radius 1 is 1.33 bits per heavy atom. The second-order valence-electron chi connectivity index (χ2n) is 4.54. The van der Waals surface area contributed by atoms with Gasteiger partial charge < -0.3 is 15.2 Å². The molecule has 2 unspecified atom stereocenters. The van der Waals surface area contributed by atoms with Gasteiger partial charge in [-0.15, -0.1) is 11.8 Å². The Balaban J connectivity index is 1.73. The molecule has 2 aliphatic heterocycles. The van der Waals surface area contributed by atoms with E-state index >= 15 is 0 Å². The Hall–Kier alpha value is -1.13. The molecule has 2 heterocycles. The van der Waals surface area contributed by atoms with Crippen LogP contribution < -0.4 is 10.5 Å². The van der Waals surface area contributed by atoms with Crippen molar-refractivity contribution in [3.8, 4) is 5.75 Å². The molecule has 0 spiro atoms. The summed E-state index contributed by atoms with van der Waals surface area (Å²) in [4.78, 5) is 1.19. The third kappa shape index (κ3) is 2.35. The Bertz CT molecular complexity index is 461. The average Bonchev–Trinajstić information content (AvgIpc) is 2.47. The molecule has 0 aromatic heterocycles. The fraction of sp³-hybridized carbons (Fsp3) is 0.429. The van der Waals surface area contributed by atoms with Crippen molar-refractivity contribution < 1.29 is 9.47 Å². The topological polar surface area (TPSA) is 44.5 Å². The van der Waals surface area contributed by atoms with Gasteiger partial charge in [0.2, 0.25) is 0 Å². The normalized spacial score (nSPS) is 24.3. The van der Waals surface area contributed by atoms with Crippen LogP contribution in [0.15, 0.2) is 41.0 Å². The first-order chi connectivity index (χ1) is 8.84. The zero-order valence-corrected chi connectivity index (χ0v) is 11.0. The highest BCUT2D eigenvalue weighted by atomic mass is 32.2. The van der Waals surface area contributed by atoms with Gasteiger partial charge in [-0.3, -0.25) is 0 Å². The largest absolute Gasteiger partial charge is 0.496 e. The second kappa shape index (κ2) is 5.24. The number of thioether (sulfide) groups is 1. The molecule has 2 N–H and O–H groups in total. The van der Waals surface area contributed by atoms with Gasteiger partial charge >= 0.3 is 0 Å². The Morgan fingerprint density at radius 3 is 3.06 bits per heavy atom. The number of benzene rings is 1. The van der Waals surface area contributed by atoms with E-state index < -0.39 is 0 Å². The van der Waals surface area contributed by atoms with Gasteiger partial charge in [-0.1, -0.05) is 12.1 Å². The summed E-state index contributed by atoms with van der Waals surface area (Å²) in [5, 5.41) is 0. The van der Waals surface area contributed by atoms with Crippen LogP contribution in [0.1, 0.15) is 12.8 Å². The molecular weight excluding hydrogens is 246 g/mol. The fourth-order valence-corrected chi connectivity index (χ4v) is 3.26. The molecule has 0 saturated heterocycles. The molecule has 2 atom stereocenters. The van der Waals surface area contributed by atoms with Crippen molar-refractivity contribution in [2.45, 2.75) is 29.9 Å². The summed E-state index contributed by atoms with van der Waals surface area (Å²) in [5.74, 6) is 2.70. The van der Waals surface area contributed by atoms with Crippen molar-refractivity contribution in [3.05, 3.63) is 36.1 Å². The summed E-state index contributed by atoms with van der Waals surface area (Å²) in [7, 11) is 0. The van der Waals surface area contributed by atoms with E-state index in [1.54, 1.807) is 11.8 Å². The molecule has 18 heavy (non-hydrogen) atoms. The molecule has 0 fully saturated rings. The van der Waals surface area contributed by atoms with Crippen LogP contribution in [0.4, 0.5) is 0 Å². The number of hydrogen-bond acceptors (Lipinski definition) is 4. The lowest BCUT2D eigenvalue weighted by atomic mass is 10.1. The predicted molar refractivity (Wildman–Crippen MR) is 72.8 cm³/mol. The van der Waals surface area contributed by atoms with Crippen LogP contribution in [0.25, 0.3) is 0 Å². The minimum atomic E-state index is -0.161. The van der Waals surface area contributed by atoms with Crippen LogP contribution in [0, 0.1) is 0 Å². The maximum atomic E-state index is 6.25. The fourth-order valence-electron chi connectivity index (χ4n) is 2.20. The van der Waals surface area contributed by atoms with Crippen molar-refractivity contribution in [1.29, 1.82) is 0 Å². The zero-order valence-electron chi connectivity index (χ0n) is 10.2. The van der Waals surface area contributed by atoms with Crippen molar-refractivity contribution >= 4 is 11.8 Å². The minimum absolute atomic E-state index is 0.00532. The van der Waals surface area contributed by atoms with E-state index in [2.05, 4.69) is 12.1 Å². The number of rotatable bonds is 2. The molecule has 3 nitrogen and oxygen atoms in total. The van der Waals surface area contributed by atoms with Gasteiger partial charge in [0.25, 0.3) is 0 Å². The second-order valence-corrected chi connectivity index (χ2v) is 5.60. The maximum Gasteiger partial charge on any atom is 0.133 e. The van der Waals surface area contributed by atoms with Crippen molar-refractivity contribution in [2.75, 3.05) is 12.4 Å². The van der Waals surface area contributed by atoms with E-state index in [0.717, 1.165) is 36.7 Å². The molecule has 0 radical (unpaired) electrons. The zero-order chi connectivity index (χ0) is 12.4. The molecule has 1 aromatic carbocycles. The van der Waals surface area contributed by atoms with Gasteiger partial charge in [-0.25, -0.2) is 0 Å². The van der Waals surface area contributed by atoms with Gasteiger partial charge in [0.15, 0.2) is 0 Å². The summed E-state index contributed by atoms with van der Waals surface area (Å²) < 4.78 is 11.6. The summed E-state index contributed by atoms with van der Waals surface area (Å²) >= 11 is 1.80. The van der Waals surface area contributed by atoms with Crippen LogP contribution in [0.3, 0.4) is 0 Å². The third-order valence-electron chi connectivity index (χ3n) is 3.22.